The van der Waals surface area contributed by atoms with E-state index in [9.17, 15) is 9.59 Å². The molecule has 0 fully saturated rings. The summed E-state index contributed by atoms with van der Waals surface area (Å²) in [5, 5.41) is 5.14. The number of carbonyl (C=O) groups excluding carboxylic acids is 2. The Morgan fingerprint density at radius 3 is 2.33 bits per heavy atom. The second-order valence-corrected chi connectivity index (χ2v) is 0.902. The van der Waals surface area contributed by atoms with Gasteiger partial charge >= 0.3 is 12.2 Å². The van der Waals surface area contributed by atoms with E-state index in [2.05, 4.69) is 26.7 Å². The Bertz CT molecular complexity index is 152. The van der Waals surface area contributed by atoms with E-state index in [4.69, 9.17) is 0 Å². The fourth-order valence-corrected chi connectivity index (χ4v) is 0.154. The molecule has 0 aliphatic heterocycles. The number of rotatable bonds is 0. The van der Waals surface area contributed by atoms with Gasteiger partial charge in [0.25, 0.3) is 0 Å². The van der Waals surface area contributed by atoms with Crippen LogP contribution in [0.25, 0.3) is 0 Å². The van der Waals surface area contributed by atoms with Gasteiger partial charge in [-0.3, -0.25) is 0 Å². The van der Waals surface area contributed by atoms with Gasteiger partial charge in [-0.15, -0.1) is 0 Å². The Labute approximate surface area is 49.6 Å². The van der Waals surface area contributed by atoms with E-state index in [0.29, 0.717) is 0 Å². The number of hydrogen-bond acceptors (Lipinski definition) is 4. The summed E-state index contributed by atoms with van der Waals surface area (Å²) >= 11 is 0. The van der Waals surface area contributed by atoms with E-state index < -0.39 is 12.2 Å². The molecule has 0 atom stereocenters. The van der Waals surface area contributed by atoms with Crippen molar-refractivity contribution >= 4 is 12.2 Å². The number of nitrogens with two attached hydrogens (primary N) is 2. The largest absolute Gasteiger partial charge is 0.462 e. The fourth-order valence-electron chi connectivity index (χ4n) is 0.154. The van der Waals surface area contributed by atoms with Crippen LogP contribution in [0, 0.1) is 0 Å². The van der Waals surface area contributed by atoms with E-state index >= 15 is 0 Å². The van der Waals surface area contributed by atoms with Crippen LogP contribution in [-0.4, -0.2) is 12.2 Å². The molecule has 9 heavy (non-hydrogen) atoms. The predicted molar refractivity (Wildman–Crippen MR) is 25.1 cm³/mol. The lowest BCUT2D eigenvalue weighted by molar-refractivity contribution is 0.163. The summed E-state index contributed by atoms with van der Waals surface area (Å²) in [7, 11) is 0. The van der Waals surface area contributed by atoms with E-state index in [1.165, 1.54) is 0 Å². The molecule has 0 aliphatic carbocycles. The van der Waals surface area contributed by atoms with Crippen molar-refractivity contribution in [2.45, 2.75) is 0 Å². The van der Waals surface area contributed by atoms with Gasteiger partial charge in [0.15, 0.2) is 0 Å². The molecule has 0 saturated carbocycles. The quantitative estimate of drug-likeness (QED) is 0.200. The lowest BCUT2D eigenvalue weighted by atomic mass is 11.1. The van der Waals surface area contributed by atoms with Gasteiger partial charge in [0, 0.05) is 0 Å². The van der Waals surface area contributed by atoms with E-state index in [-0.39, 0.29) is 0 Å². The van der Waals surface area contributed by atoms with Gasteiger partial charge in [-0.1, -0.05) is 10.3 Å². The number of hydrogen-bond donors (Lipinski definition) is 2. The molecule has 0 aromatic heterocycles. The van der Waals surface area contributed by atoms with Crippen molar-refractivity contribution in [3.05, 3.63) is 0 Å². The number of nitrogens with zero attached hydrogens (tertiary/aromatic N) is 2. The number of primary amides is 1. The number of carbonyl (C=O) groups is 2. The summed E-state index contributed by atoms with van der Waals surface area (Å²) in [5.74, 6) is 4.41. The molecular weight excluding hydrogens is 128 g/mol. The van der Waals surface area contributed by atoms with Crippen molar-refractivity contribution in [3.63, 3.8) is 0 Å². The Balaban J connectivity index is 3.64. The molecule has 50 valence electrons. The van der Waals surface area contributed by atoms with Crippen molar-refractivity contribution in [3.8, 4) is 0 Å². The zero-order valence-electron chi connectivity index (χ0n) is 4.27. The smallest absolute Gasteiger partial charge is 0.357 e. The van der Waals surface area contributed by atoms with Crippen molar-refractivity contribution in [1.29, 1.82) is 0 Å². The Hall–Kier alpha value is -1.66. The van der Waals surface area contributed by atoms with Gasteiger partial charge in [0.1, 0.15) is 0 Å². The molecule has 0 aromatic carbocycles. The third-order valence-corrected chi connectivity index (χ3v) is 0.327. The molecule has 0 heterocycles. The highest BCUT2D eigenvalue weighted by Gasteiger charge is 2.02. The minimum absolute atomic E-state index is 1.23. The zero-order valence-corrected chi connectivity index (χ0v) is 4.27. The summed E-state index contributed by atoms with van der Waals surface area (Å²) in [6.07, 6.45) is -2.47. The van der Waals surface area contributed by atoms with Crippen LogP contribution in [-0.2, 0) is 4.74 Å². The Morgan fingerprint density at radius 2 is 2.00 bits per heavy atom. The fraction of sp³-hybridized carbons (Fsp3) is 0. The van der Waals surface area contributed by atoms with Crippen LogP contribution in [0.15, 0.2) is 10.3 Å². The van der Waals surface area contributed by atoms with Gasteiger partial charge < -0.3 is 16.3 Å². The molecule has 0 aromatic rings. The van der Waals surface area contributed by atoms with E-state index in [1.54, 1.807) is 0 Å². The van der Waals surface area contributed by atoms with Gasteiger partial charge in [0.2, 0.25) is 0 Å². The maximum atomic E-state index is 9.99. The predicted octanol–water partition coefficient (Wildman–Crippen LogP) is -0.472. The van der Waals surface area contributed by atoms with E-state index in [1.807, 2.05) is 0 Å². The minimum atomic E-state index is -1.24. The minimum Gasteiger partial charge on any atom is -0.357 e. The molecule has 0 aliphatic rings. The molecule has 7 nitrogen and oxygen atoms in total. The first-order valence-electron chi connectivity index (χ1n) is 1.79. The van der Waals surface area contributed by atoms with Gasteiger partial charge in [-0.25, -0.2) is 9.59 Å². The average Bonchev–Trinajstić information content (AvgIpc) is 1.63. The monoisotopic (exact) mass is 132 g/mol. The highest BCUT2D eigenvalue weighted by molar-refractivity contribution is 5.82. The van der Waals surface area contributed by atoms with Crippen LogP contribution in [0.2, 0.25) is 0 Å². The summed E-state index contributed by atoms with van der Waals surface area (Å²) in [5.41, 5.74) is 4.40. The van der Waals surface area contributed by atoms with Crippen LogP contribution in [0.3, 0.4) is 0 Å². The normalized spacial score (nSPS) is 9.33. The summed E-state index contributed by atoms with van der Waals surface area (Å²) in [6.45, 7) is 0. The van der Waals surface area contributed by atoms with Crippen LogP contribution < -0.4 is 11.6 Å². The number of amides is 2. The van der Waals surface area contributed by atoms with Crippen LogP contribution in [0.1, 0.15) is 0 Å². The van der Waals surface area contributed by atoms with E-state index in [0.717, 1.165) is 0 Å². The molecular formula is C2H4N4O3. The van der Waals surface area contributed by atoms with Crippen molar-refractivity contribution < 1.29 is 14.3 Å². The molecule has 7 heteroatoms. The first-order chi connectivity index (χ1) is 4.16. The molecule has 0 radical (unpaired) electrons. The summed E-state index contributed by atoms with van der Waals surface area (Å²) < 4.78 is 3.65. The van der Waals surface area contributed by atoms with Crippen molar-refractivity contribution in [2.75, 3.05) is 0 Å². The second kappa shape index (κ2) is 3.36. The van der Waals surface area contributed by atoms with Gasteiger partial charge in [0.05, 0.1) is 0 Å². The first kappa shape index (κ1) is 7.34. The maximum Gasteiger partial charge on any atom is 0.462 e. The van der Waals surface area contributed by atoms with Crippen LogP contribution in [0.4, 0.5) is 9.59 Å². The number of ether oxygens (including phenoxy) is 1. The summed E-state index contributed by atoms with van der Waals surface area (Å²) in [4.78, 5) is 19.7. The Morgan fingerprint density at radius 1 is 1.44 bits per heavy atom. The lowest BCUT2D eigenvalue weighted by Gasteiger charge is -1.87. The van der Waals surface area contributed by atoms with Crippen LogP contribution in [0.5, 0.6) is 0 Å². The van der Waals surface area contributed by atoms with Crippen molar-refractivity contribution in [1.82, 2.24) is 0 Å². The van der Waals surface area contributed by atoms with Gasteiger partial charge in [-0.05, 0) is 0 Å². The molecule has 2 amide bonds. The van der Waals surface area contributed by atoms with Gasteiger partial charge in [-0.2, -0.15) is 0 Å². The average molecular weight is 132 g/mol. The van der Waals surface area contributed by atoms with Crippen molar-refractivity contribution in [2.24, 2.45) is 21.9 Å². The third-order valence-electron chi connectivity index (χ3n) is 0.327. The highest BCUT2D eigenvalue weighted by Crippen LogP contribution is 1.81. The summed E-state index contributed by atoms with van der Waals surface area (Å²) in [6, 6.07) is 0. The lowest BCUT2D eigenvalue weighted by Crippen LogP contribution is -2.15. The van der Waals surface area contributed by atoms with Crippen LogP contribution >= 0.6 is 0 Å². The highest BCUT2D eigenvalue weighted by atomic mass is 16.6. The zero-order chi connectivity index (χ0) is 7.28. The molecule has 0 spiro atoms. The SMILES string of the molecule is NN=NC(=O)OC(N)=O. The molecule has 0 unspecified atom stereocenters. The molecule has 0 bridgehead atoms. The molecule has 0 rings (SSSR count). The molecule has 0 saturated heterocycles. The maximum absolute atomic E-state index is 9.99. The standard InChI is InChI=1S/C2H4N4O3/c3-1(7)9-2(8)5-6-4/h(H2,3,7)(H2,4,5,8). The second-order valence-electron chi connectivity index (χ2n) is 0.902. The first-order valence-corrected chi connectivity index (χ1v) is 1.79. The molecule has 4 N–H and O–H groups in total. The third kappa shape index (κ3) is 4.19. The topological polar surface area (TPSA) is 120 Å². The Kier molecular flexibility index (Phi) is 2.74.